The molecule has 16 heavy (non-hydrogen) atoms. The standard InChI is InChI=1S/C11H22N2O2S/c1-10-5-2-3-6-11(10,9-12)13-7-4-8-16(13,14)15/h10H,2-9,12H2,1H3. The Hall–Kier alpha value is -0.130. The molecule has 2 rings (SSSR count). The third kappa shape index (κ3) is 1.79. The zero-order valence-corrected chi connectivity index (χ0v) is 10.8. The number of hydrogen-bond donors (Lipinski definition) is 1. The topological polar surface area (TPSA) is 63.4 Å². The number of hydrogen-bond acceptors (Lipinski definition) is 3. The van der Waals surface area contributed by atoms with Crippen LogP contribution in [-0.4, -0.2) is 37.1 Å². The predicted octanol–water partition coefficient (Wildman–Crippen LogP) is 0.930. The first-order valence-corrected chi connectivity index (χ1v) is 7.84. The van der Waals surface area contributed by atoms with Crippen molar-refractivity contribution in [3.8, 4) is 0 Å². The summed E-state index contributed by atoms with van der Waals surface area (Å²) in [6, 6.07) is 0. The maximum Gasteiger partial charge on any atom is 0.214 e. The SMILES string of the molecule is CC1CCCCC1(CN)N1CCCS1(=O)=O. The van der Waals surface area contributed by atoms with Gasteiger partial charge in [0.05, 0.1) is 11.3 Å². The lowest BCUT2D eigenvalue weighted by atomic mass is 9.73. The molecule has 0 aromatic rings. The molecule has 2 unspecified atom stereocenters. The van der Waals surface area contributed by atoms with Gasteiger partial charge < -0.3 is 5.73 Å². The molecule has 2 atom stereocenters. The second-order valence-corrected chi connectivity index (χ2v) is 7.21. The molecule has 94 valence electrons. The van der Waals surface area contributed by atoms with Gasteiger partial charge in [0.2, 0.25) is 10.0 Å². The van der Waals surface area contributed by atoms with E-state index in [-0.39, 0.29) is 5.54 Å². The van der Waals surface area contributed by atoms with Crippen molar-refractivity contribution in [2.45, 2.75) is 44.6 Å². The van der Waals surface area contributed by atoms with Gasteiger partial charge in [0.25, 0.3) is 0 Å². The fraction of sp³-hybridized carbons (Fsp3) is 1.00. The number of sulfonamides is 1. The molecule has 0 spiro atoms. The second kappa shape index (κ2) is 4.27. The number of nitrogens with two attached hydrogens (primary N) is 1. The Morgan fingerprint density at radius 2 is 2.12 bits per heavy atom. The molecule has 0 aromatic carbocycles. The summed E-state index contributed by atoms with van der Waals surface area (Å²) < 4.78 is 25.8. The molecule has 2 fully saturated rings. The van der Waals surface area contributed by atoms with E-state index in [4.69, 9.17) is 5.73 Å². The zero-order chi connectivity index (χ0) is 11.8. The van der Waals surface area contributed by atoms with Gasteiger partial charge in [-0.05, 0) is 25.2 Å². The molecule has 0 amide bonds. The van der Waals surface area contributed by atoms with Gasteiger partial charge >= 0.3 is 0 Å². The van der Waals surface area contributed by atoms with Crippen LogP contribution in [0.2, 0.25) is 0 Å². The largest absolute Gasteiger partial charge is 0.329 e. The van der Waals surface area contributed by atoms with Crippen molar-refractivity contribution in [2.75, 3.05) is 18.8 Å². The van der Waals surface area contributed by atoms with E-state index in [0.29, 0.717) is 24.8 Å². The summed E-state index contributed by atoms with van der Waals surface area (Å²) in [5.41, 5.74) is 5.64. The Bertz CT molecular complexity index is 355. The highest BCUT2D eigenvalue weighted by Crippen LogP contribution is 2.40. The van der Waals surface area contributed by atoms with Crippen LogP contribution in [-0.2, 0) is 10.0 Å². The molecule has 1 aliphatic heterocycles. The minimum Gasteiger partial charge on any atom is -0.329 e. The fourth-order valence-electron chi connectivity index (χ4n) is 3.31. The summed E-state index contributed by atoms with van der Waals surface area (Å²) in [6.45, 7) is 3.29. The van der Waals surface area contributed by atoms with Crippen LogP contribution < -0.4 is 5.73 Å². The first-order chi connectivity index (χ1) is 7.53. The van der Waals surface area contributed by atoms with E-state index in [1.807, 2.05) is 0 Å². The van der Waals surface area contributed by atoms with Gasteiger partial charge in [-0.3, -0.25) is 0 Å². The van der Waals surface area contributed by atoms with Crippen molar-refractivity contribution in [1.82, 2.24) is 4.31 Å². The molecule has 0 radical (unpaired) electrons. The van der Waals surface area contributed by atoms with E-state index in [1.165, 1.54) is 6.42 Å². The predicted molar refractivity (Wildman–Crippen MR) is 64.5 cm³/mol. The van der Waals surface area contributed by atoms with Crippen LogP contribution in [0.3, 0.4) is 0 Å². The molecule has 4 nitrogen and oxygen atoms in total. The number of rotatable bonds is 2. The Labute approximate surface area is 98.2 Å². The third-order valence-electron chi connectivity index (χ3n) is 4.36. The summed E-state index contributed by atoms with van der Waals surface area (Å²) in [6.07, 6.45) is 5.11. The van der Waals surface area contributed by atoms with Crippen LogP contribution in [0.5, 0.6) is 0 Å². The summed E-state index contributed by atoms with van der Waals surface area (Å²) in [5.74, 6) is 0.695. The molecule has 2 N–H and O–H groups in total. The van der Waals surface area contributed by atoms with Crippen molar-refractivity contribution < 1.29 is 8.42 Å². The molecule has 1 aliphatic carbocycles. The summed E-state index contributed by atoms with van der Waals surface area (Å²) >= 11 is 0. The smallest absolute Gasteiger partial charge is 0.214 e. The van der Waals surface area contributed by atoms with Crippen LogP contribution >= 0.6 is 0 Å². The summed E-state index contributed by atoms with van der Waals surface area (Å²) in [5, 5.41) is 0. The third-order valence-corrected chi connectivity index (χ3v) is 6.39. The van der Waals surface area contributed by atoms with E-state index in [1.54, 1.807) is 4.31 Å². The fourth-order valence-corrected chi connectivity index (χ4v) is 5.33. The highest BCUT2D eigenvalue weighted by atomic mass is 32.2. The molecule has 2 aliphatic rings. The van der Waals surface area contributed by atoms with E-state index in [9.17, 15) is 8.42 Å². The molecular weight excluding hydrogens is 224 g/mol. The summed E-state index contributed by atoms with van der Waals surface area (Å²) in [4.78, 5) is 0. The minimum atomic E-state index is -3.04. The molecule has 0 bridgehead atoms. The molecule has 1 heterocycles. The van der Waals surface area contributed by atoms with Crippen molar-refractivity contribution in [3.05, 3.63) is 0 Å². The lowest BCUT2D eigenvalue weighted by molar-refractivity contribution is 0.0850. The van der Waals surface area contributed by atoms with E-state index < -0.39 is 10.0 Å². The van der Waals surface area contributed by atoms with E-state index >= 15 is 0 Å². The highest BCUT2D eigenvalue weighted by molar-refractivity contribution is 7.89. The maximum absolute atomic E-state index is 12.0. The van der Waals surface area contributed by atoms with Gasteiger partial charge in [-0.2, -0.15) is 4.31 Å². The molecule has 0 aromatic heterocycles. The average Bonchev–Trinajstić information content (AvgIpc) is 2.60. The van der Waals surface area contributed by atoms with Gasteiger partial charge in [-0.25, -0.2) is 8.42 Å². The van der Waals surface area contributed by atoms with Gasteiger partial charge in [-0.15, -0.1) is 0 Å². The van der Waals surface area contributed by atoms with Gasteiger partial charge in [0.15, 0.2) is 0 Å². The highest BCUT2D eigenvalue weighted by Gasteiger charge is 2.48. The normalized spacial score (nSPS) is 40.0. The summed E-state index contributed by atoms with van der Waals surface area (Å²) in [7, 11) is -3.04. The Balaban J connectivity index is 2.33. The van der Waals surface area contributed by atoms with Gasteiger partial charge in [0.1, 0.15) is 0 Å². The Morgan fingerprint density at radius 1 is 1.38 bits per heavy atom. The second-order valence-electron chi connectivity index (χ2n) is 5.20. The Morgan fingerprint density at radius 3 is 2.62 bits per heavy atom. The maximum atomic E-state index is 12.0. The lowest BCUT2D eigenvalue weighted by Gasteiger charge is -2.47. The van der Waals surface area contributed by atoms with Gasteiger partial charge in [-0.1, -0.05) is 19.8 Å². The van der Waals surface area contributed by atoms with E-state index in [0.717, 1.165) is 25.7 Å². The van der Waals surface area contributed by atoms with Crippen LogP contribution in [0.25, 0.3) is 0 Å². The molecular formula is C11H22N2O2S. The monoisotopic (exact) mass is 246 g/mol. The Kier molecular flexibility index (Phi) is 3.29. The van der Waals surface area contributed by atoms with E-state index in [2.05, 4.69) is 6.92 Å². The van der Waals surface area contributed by atoms with Crippen molar-refractivity contribution in [1.29, 1.82) is 0 Å². The van der Waals surface area contributed by atoms with Gasteiger partial charge in [0, 0.05) is 13.1 Å². The van der Waals surface area contributed by atoms with Crippen LogP contribution in [0.15, 0.2) is 0 Å². The first kappa shape index (κ1) is 12.3. The molecule has 1 saturated carbocycles. The number of nitrogens with zero attached hydrogens (tertiary/aromatic N) is 1. The lowest BCUT2D eigenvalue weighted by Crippen LogP contribution is -2.59. The van der Waals surface area contributed by atoms with Crippen molar-refractivity contribution in [2.24, 2.45) is 11.7 Å². The molecule has 1 saturated heterocycles. The van der Waals surface area contributed by atoms with Crippen LogP contribution in [0.1, 0.15) is 39.0 Å². The van der Waals surface area contributed by atoms with Crippen LogP contribution in [0.4, 0.5) is 0 Å². The van der Waals surface area contributed by atoms with Crippen molar-refractivity contribution in [3.63, 3.8) is 0 Å². The average molecular weight is 246 g/mol. The minimum absolute atomic E-state index is 0.284. The first-order valence-electron chi connectivity index (χ1n) is 6.23. The van der Waals surface area contributed by atoms with Crippen molar-refractivity contribution >= 4 is 10.0 Å². The quantitative estimate of drug-likeness (QED) is 0.788. The molecule has 5 heteroatoms. The zero-order valence-electron chi connectivity index (χ0n) is 9.98. The van der Waals surface area contributed by atoms with Crippen LogP contribution in [0, 0.1) is 5.92 Å².